The van der Waals surface area contributed by atoms with E-state index in [-0.39, 0.29) is 13.0 Å². The average molecular weight is 466 g/mol. The van der Waals surface area contributed by atoms with Crippen molar-refractivity contribution in [3.8, 4) is 0 Å². The Morgan fingerprint density at radius 1 is 0.900 bits per heavy atom. The molecule has 0 aliphatic rings. The number of rotatable bonds is 17. The SMILES string of the molecule is CSCCC(N)C(=O)NC(CCCCN)C(=O)NCC(=O)NC(CCSC)C(=O)O. The lowest BCUT2D eigenvalue weighted by atomic mass is 10.1. The molecule has 0 saturated carbocycles. The molecule has 0 aromatic heterocycles. The summed E-state index contributed by atoms with van der Waals surface area (Å²) in [5.74, 6) is -1.39. The first-order valence-electron chi connectivity index (χ1n) is 9.80. The van der Waals surface area contributed by atoms with Crippen molar-refractivity contribution in [2.75, 3.05) is 37.1 Å². The molecule has 12 heteroatoms. The van der Waals surface area contributed by atoms with Crippen molar-refractivity contribution in [2.45, 2.75) is 50.2 Å². The first-order chi connectivity index (χ1) is 14.3. The number of amides is 3. The van der Waals surface area contributed by atoms with Crippen molar-refractivity contribution in [3.63, 3.8) is 0 Å². The third-order valence-corrected chi connectivity index (χ3v) is 5.50. The number of aliphatic carboxylic acids is 1. The monoisotopic (exact) mass is 465 g/mol. The summed E-state index contributed by atoms with van der Waals surface area (Å²) in [4.78, 5) is 48.0. The molecule has 3 unspecified atom stereocenters. The molecule has 0 radical (unpaired) electrons. The summed E-state index contributed by atoms with van der Waals surface area (Å²) >= 11 is 3.05. The molecule has 0 aromatic carbocycles. The molecule has 0 spiro atoms. The fourth-order valence-electron chi connectivity index (χ4n) is 2.45. The summed E-state index contributed by atoms with van der Waals surface area (Å²) in [5.41, 5.74) is 11.3. The van der Waals surface area contributed by atoms with E-state index >= 15 is 0 Å². The predicted octanol–water partition coefficient (Wildman–Crippen LogP) is -0.881. The molecule has 0 aliphatic carbocycles. The van der Waals surface area contributed by atoms with Crippen LogP contribution in [-0.4, -0.2) is 84.0 Å². The van der Waals surface area contributed by atoms with Crippen LogP contribution in [0.25, 0.3) is 0 Å². The molecular formula is C18H35N5O5S2. The van der Waals surface area contributed by atoms with Crippen LogP contribution in [0.5, 0.6) is 0 Å². The van der Waals surface area contributed by atoms with Gasteiger partial charge in [-0.25, -0.2) is 4.79 Å². The third kappa shape index (κ3) is 12.9. The number of carbonyl (C=O) groups excluding carboxylic acids is 3. The van der Waals surface area contributed by atoms with E-state index in [0.29, 0.717) is 38.0 Å². The summed E-state index contributed by atoms with van der Waals surface area (Å²) in [6, 6.07) is -2.58. The number of hydrogen-bond donors (Lipinski definition) is 6. The number of carboxylic acid groups (broad SMARTS) is 1. The first-order valence-corrected chi connectivity index (χ1v) is 12.6. The third-order valence-electron chi connectivity index (χ3n) is 4.22. The Kier molecular flexibility index (Phi) is 16.3. The van der Waals surface area contributed by atoms with Crippen LogP contribution in [-0.2, 0) is 19.2 Å². The van der Waals surface area contributed by atoms with E-state index < -0.39 is 41.8 Å². The zero-order valence-corrected chi connectivity index (χ0v) is 19.3. The fraction of sp³-hybridized carbons (Fsp3) is 0.778. The van der Waals surface area contributed by atoms with E-state index in [1.807, 2.05) is 12.5 Å². The van der Waals surface area contributed by atoms with Crippen molar-refractivity contribution in [3.05, 3.63) is 0 Å². The Morgan fingerprint density at radius 2 is 1.53 bits per heavy atom. The highest BCUT2D eigenvalue weighted by atomic mass is 32.2. The lowest BCUT2D eigenvalue weighted by Gasteiger charge is -2.21. The maximum Gasteiger partial charge on any atom is 0.326 e. The minimum Gasteiger partial charge on any atom is -0.480 e. The highest BCUT2D eigenvalue weighted by molar-refractivity contribution is 7.98. The zero-order valence-electron chi connectivity index (χ0n) is 17.6. The van der Waals surface area contributed by atoms with E-state index in [4.69, 9.17) is 16.6 Å². The van der Waals surface area contributed by atoms with Crippen LogP contribution >= 0.6 is 23.5 Å². The van der Waals surface area contributed by atoms with Crippen molar-refractivity contribution in [1.82, 2.24) is 16.0 Å². The molecule has 0 aliphatic heterocycles. The molecule has 0 rings (SSSR count). The number of carbonyl (C=O) groups is 4. The van der Waals surface area contributed by atoms with Crippen LogP contribution in [0.15, 0.2) is 0 Å². The van der Waals surface area contributed by atoms with Crippen LogP contribution in [0.1, 0.15) is 32.1 Å². The molecule has 0 fully saturated rings. The van der Waals surface area contributed by atoms with Crippen molar-refractivity contribution < 1.29 is 24.3 Å². The fourth-order valence-corrected chi connectivity index (χ4v) is 3.41. The van der Waals surface area contributed by atoms with E-state index in [2.05, 4.69) is 16.0 Å². The molecule has 0 bridgehead atoms. The second-order valence-corrected chi connectivity index (χ2v) is 8.66. The van der Waals surface area contributed by atoms with E-state index in [1.54, 1.807) is 11.8 Å². The van der Waals surface area contributed by atoms with Crippen LogP contribution in [0.3, 0.4) is 0 Å². The number of carboxylic acids is 1. The van der Waals surface area contributed by atoms with Crippen molar-refractivity contribution in [2.24, 2.45) is 11.5 Å². The van der Waals surface area contributed by atoms with Crippen LogP contribution in [0, 0.1) is 0 Å². The molecule has 8 N–H and O–H groups in total. The zero-order chi connectivity index (χ0) is 22.9. The molecule has 0 aromatic rings. The molecule has 0 saturated heterocycles. The van der Waals surface area contributed by atoms with Gasteiger partial charge in [-0.1, -0.05) is 0 Å². The number of nitrogens with one attached hydrogen (secondary N) is 3. The van der Waals surface area contributed by atoms with Gasteiger partial charge in [-0.2, -0.15) is 23.5 Å². The van der Waals surface area contributed by atoms with Gasteiger partial charge in [0.2, 0.25) is 17.7 Å². The quantitative estimate of drug-likeness (QED) is 0.149. The smallest absolute Gasteiger partial charge is 0.326 e. The summed E-state index contributed by atoms with van der Waals surface area (Å²) in [7, 11) is 0. The Hall–Kier alpha value is -1.50. The number of thioether (sulfide) groups is 2. The molecule has 10 nitrogen and oxygen atoms in total. The summed E-state index contributed by atoms with van der Waals surface area (Å²) in [6.07, 6.45) is 6.19. The lowest BCUT2D eigenvalue weighted by Crippen LogP contribution is -2.53. The molecule has 3 amide bonds. The van der Waals surface area contributed by atoms with Gasteiger partial charge in [-0.15, -0.1) is 0 Å². The van der Waals surface area contributed by atoms with Gasteiger partial charge in [0.15, 0.2) is 0 Å². The largest absolute Gasteiger partial charge is 0.480 e. The van der Waals surface area contributed by atoms with Crippen molar-refractivity contribution in [1.29, 1.82) is 0 Å². The Balaban J connectivity index is 4.76. The second kappa shape index (κ2) is 17.2. The van der Waals surface area contributed by atoms with Crippen LogP contribution in [0.4, 0.5) is 0 Å². The van der Waals surface area contributed by atoms with E-state index in [0.717, 1.165) is 5.75 Å². The topological polar surface area (TPSA) is 177 Å². The molecule has 0 heterocycles. The summed E-state index contributed by atoms with van der Waals surface area (Å²) in [6.45, 7) is 0.0776. The van der Waals surface area contributed by atoms with Gasteiger partial charge in [0.05, 0.1) is 12.6 Å². The Bertz CT molecular complexity index is 553. The highest BCUT2D eigenvalue weighted by Crippen LogP contribution is 2.04. The van der Waals surface area contributed by atoms with Gasteiger partial charge in [0, 0.05) is 0 Å². The maximum absolute atomic E-state index is 12.5. The molecule has 3 atom stereocenters. The van der Waals surface area contributed by atoms with Gasteiger partial charge < -0.3 is 32.5 Å². The molecular weight excluding hydrogens is 430 g/mol. The van der Waals surface area contributed by atoms with Crippen molar-refractivity contribution >= 4 is 47.2 Å². The normalized spacial score (nSPS) is 13.7. The van der Waals surface area contributed by atoms with Crippen LogP contribution in [0.2, 0.25) is 0 Å². The van der Waals surface area contributed by atoms with Gasteiger partial charge in [-0.3, -0.25) is 14.4 Å². The predicted molar refractivity (Wildman–Crippen MR) is 121 cm³/mol. The van der Waals surface area contributed by atoms with Gasteiger partial charge in [0.1, 0.15) is 12.1 Å². The summed E-state index contributed by atoms with van der Waals surface area (Å²) < 4.78 is 0. The number of hydrogen-bond acceptors (Lipinski definition) is 8. The standard InChI is InChI=1S/C18H35N5O5S2/c1-29-9-6-12(20)16(25)23-13(5-3-4-8-19)17(26)21-11-15(24)22-14(18(27)28)7-10-30-2/h12-14H,3-11,19-20H2,1-2H3,(H,21,26)(H,22,24)(H,23,25)(H,27,28). The minimum absolute atomic E-state index is 0.280. The summed E-state index contributed by atoms with van der Waals surface area (Å²) in [5, 5.41) is 16.7. The maximum atomic E-state index is 12.5. The number of unbranched alkanes of at least 4 members (excludes halogenated alkanes) is 1. The van der Waals surface area contributed by atoms with Gasteiger partial charge in [0.25, 0.3) is 0 Å². The Morgan fingerprint density at radius 3 is 2.10 bits per heavy atom. The van der Waals surface area contributed by atoms with Gasteiger partial charge >= 0.3 is 5.97 Å². The number of nitrogens with two attached hydrogens (primary N) is 2. The lowest BCUT2D eigenvalue weighted by molar-refractivity contribution is -0.141. The average Bonchev–Trinajstić information content (AvgIpc) is 2.72. The second-order valence-electron chi connectivity index (χ2n) is 6.69. The molecule has 174 valence electrons. The Labute approximate surface area is 186 Å². The van der Waals surface area contributed by atoms with E-state index in [1.165, 1.54) is 11.8 Å². The highest BCUT2D eigenvalue weighted by Gasteiger charge is 2.24. The minimum atomic E-state index is -1.13. The van der Waals surface area contributed by atoms with Gasteiger partial charge in [-0.05, 0) is 62.7 Å². The van der Waals surface area contributed by atoms with Crippen LogP contribution < -0.4 is 27.4 Å². The van der Waals surface area contributed by atoms with E-state index in [9.17, 15) is 19.2 Å². The molecule has 30 heavy (non-hydrogen) atoms. The first kappa shape index (κ1) is 28.5.